The van der Waals surface area contributed by atoms with Crippen LogP contribution in [-0.4, -0.2) is 105 Å². The van der Waals surface area contributed by atoms with Gasteiger partial charge in [-0.3, -0.25) is 18.9 Å². The van der Waals surface area contributed by atoms with Gasteiger partial charge in [0.15, 0.2) is 5.75 Å². The zero-order valence-corrected chi connectivity index (χ0v) is 49.1. The van der Waals surface area contributed by atoms with E-state index in [1.807, 2.05) is 13.8 Å². The maximum Gasteiger partial charge on any atom is 2.00 e. The topological polar surface area (TPSA) is 284 Å². The van der Waals surface area contributed by atoms with Gasteiger partial charge in [0.25, 0.3) is 26.1 Å². The van der Waals surface area contributed by atoms with E-state index in [0.717, 1.165) is 0 Å². The number of hydrogen-bond acceptors (Lipinski definition) is 15. The maximum absolute atomic E-state index is 13.5. The van der Waals surface area contributed by atoms with E-state index in [1.165, 1.54) is 24.3 Å². The number of halogens is 2. The molecule has 0 unspecified atom stereocenters. The molecule has 0 radical (unpaired) electrons. The maximum atomic E-state index is 13.5. The number of phenolic OH excluding ortho intramolecular Hbond substituents is 1. The zero-order chi connectivity index (χ0) is 54.9. The summed E-state index contributed by atoms with van der Waals surface area (Å²) in [6, 6.07) is 35.8. The second-order valence-corrected chi connectivity index (χ2v) is 19.8. The second-order valence-electron chi connectivity index (χ2n) is 16.3. The van der Waals surface area contributed by atoms with Crippen molar-refractivity contribution < 1.29 is 55.5 Å². The summed E-state index contributed by atoms with van der Waals surface area (Å²) < 4.78 is 78.7. The van der Waals surface area contributed by atoms with E-state index in [1.54, 1.807) is 123 Å². The van der Waals surface area contributed by atoms with E-state index in [-0.39, 0.29) is 92.8 Å². The summed E-state index contributed by atoms with van der Waals surface area (Å²) >= 11 is 12.1. The normalized spacial score (nSPS) is 11.9. The van der Waals surface area contributed by atoms with Crippen LogP contribution in [0.15, 0.2) is 169 Å². The van der Waals surface area contributed by atoms with Crippen LogP contribution in [0.4, 0.5) is 34.1 Å². The molecular formula is C54H46BaCl2N6O12S2. The Morgan fingerprint density at radius 1 is 0.597 bits per heavy atom. The Morgan fingerprint density at radius 2 is 1.06 bits per heavy atom. The molecule has 0 aromatic heterocycles. The minimum atomic E-state index is -4.76. The van der Waals surface area contributed by atoms with E-state index < -0.39 is 53.3 Å². The predicted molar refractivity (Wildman–Crippen MR) is 294 cm³/mol. The average Bonchev–Trinajstić information content (AvgIpc) is 3.38. The van der Waals surface area contributed by atoms with E-state index >= 15 is 0 Å². The predicted octanol–water partition coefficient (Wildman–Crippen LogP) is 12.3. The first kappa shape index (κ1) is 59.8. The number of rotatable bonds is 16. The Bertz CT molecular complexity index is 3860. The number of nitrogens with one attached hydrogen (secondary N) is 1. The number of carbonyl (C=O) groups excluding carboxylic acids is 1. The summed E-state index contributed by atoms with van der Waals surface area (Å²) in [6.45, 7) is 8.10. The van der Waals surface area contributed by atoms with Gasteiger partial charge in [-0.1, -0.05) is 116 Å². The van der Waals surface area contributed by atoms with Crippen LogP contribution in [0.3, 0.4) is 0 Å². The molecule has 0 heterocycles. The molecule has 0 fully saturated rings. The zero-order valence-electron chi connectivity index (χ0n) is 41.6. The third-order valence-electron chi connectivity index (χ3n) is 11.3. The first-order valence-corrected chi connectivity index (χ1v) is 26.8. The Hall–Kier alpha value is -6.41. The van der Waals surface area contributed by atoms with Gasteiger partial charge in [0.2, 0.25) is 0 Å². The summed E-state index contributed by atoms with van der Waals surface area (Å²) in [5.41, 5.74) is 0.743. The van der Waals surface area contributed by atoms with E-state index in [4.69, 9.17) is 32.7 Å². The number of benzene rings is 8. The van der Waals surface area contributed by atoms with Gasteiger partial charge in [0, 0.05) is 28.6 Å². The standard InChI is InChI=1S/2C27H24ClN3O6S.Ba/c2*1-3-16-12-13-22(28)26(38(34,35)36)23(16)30-31-24-20-11-6-5-8-17(20)14-21(25(24)32)27(33)29-18-9-7-10-19(15-18)37-4-2;/h2*5-15,32H,3-4H2,1-2H3,(H,29,33)(H,34,35,36);/q;;+2/p-2. The SMILES string of the molecule is CCOc1cccc(N=C([O-])c2cc3ccccc3c(N=Nc3c(CC)ccc(Cl)c3S(=O)(=O)O)c2[O-])c1.CCOc1cccc(NC(=O)c2cc3ccccc3c(N=Nc3c(CC)ccc(Cl)c3S(=O)(=O)O)c2O)c1.[Ba+2]. The summed E-state index contributed by atoms with van der Waals surface area (Å²) in [7, 11) is -9.50. The number of ether oxygens (including phenoxy) is 2. The van der Waals surface area contributed by atoms with Gasteiger partial charge in [0.1, 0.15) is 38.4 Å². The molecule has 8 aromatic rings. The molecule has 77 heavy (non-hydrogen) atoms. The molecule has 23 heteroatoms. The van der Waals surface area contributed by atoms with E-state index in [9.17, 15) is 46.1 Å². The van der Waals surface area contributed by atoms with Crippen molar-refractivity contribution in [3.05, 3.63) is 166 Å². The molecular weight excluding hydrogens is 1200 g/mol. The van der Waals surface area contributed by atoms with Crippen molar-refractivity contribution in [3.8, 4) is 23.0 Å². The van der Waals surface area contributed by atoms with Crippen molar-refractivity contribution >= 4 is 160 Å². The average molecular weight is 1240 g/mol. The molecule has 0 aliphatic carbocycles. The van der Waals surface area contributed by atoms with Crippen LogP contribution in [0.5, 0.6) is 23.0 Å². The Morgan fingerprint density at radius 3 is 1.58 bits per heavy atom. The van der Waals surface area contributed by atoms with Crippen LogP contribution in [0.2, 0.25) is 10.0 Å². The molecule has 8 rings (SSSR count). The molecule has 8 aromatic carbocycles. The first-order chi connectivity index (χ1) is 36.3. The minimum Gasteiger partial charge on any atom is -0.871 e. The summed E-state index contributed by atoms with van der Waals surface area (Å²) in [5, 5.41) is 58.3. The number of fused-ring (bicyclic) bond motifs is 2. The van der Waals surface area contributed by atoms with Gasteiger partial charge in [-0.05, 0) is 109 Å². The third kappa shape index (κ3) is 14.2. The van der Waals surface area contributed by atoms with E-state index in [2.05, 4.69) is 30.8 Å². The van der Waals surface area contributed by atoms with Crippen LogP contribution in [0, 0.1) is 0 Å². The van der Waals surface area contributed by atoms with Crippen molar-refractivity contribution in [1.29, 1.82) is 0 Å². The van der Waals surface area contributed by atoms with Crippen LogP contribution in [-0.2, 0) is 33.1 Å². The van der Waals surface area contributed by atoms with Gasteiger partial charge in [-0.25, -0.2) is 0 Å². The number of nitrogens with zero attached hydrogens (tertiary/aromatic N) is 5. The van der Waals surface area contributed by atoms with Gasteiger partial charge in [0.05, 0.1) is 40.2 Å². The molecule has 0 atom stereocenters. The molecule has 0 aliphatic heterocycles. The van der Waals surface area contributed by atoms with Crippen LogP contribution < -0.4 is 25.0 Å². The van der Waals surface area contributed by atoms with Crippen LogP contribution in [0.1, 0.15) is 54.7 Å². The number of aryl methyl sites for hydroxylation is 2. The fraction of sp³-hybridized carbons (Fsp3) is 0.148. The number of amides is 1. The van der Waals surface area contributed by atoms with Crippen molar-refractivity contribution in [2.45, 2.75) is 50.3 Å². The Labute approximate surface area is 493 Å². The van der Waals surface area contributed by atoms with Crippen molar-refractivity contribution in [1.82, 2.24) is 0 Å². The summed E-state index contributed by atoms with van der Waals surface area (Å²) in [4.78, 5) is 16.1. The molecule has 0 saturated heterocycles. The molecule has 4 N–H and O–H groups in total. The van der Waals surface area contributed by atoms with Crippen LogP contribution in [0.25, 0.3) is 21.5 Å². The van der Waals surface area contributed by atoms with Crippen molar-refractivity contribution in [2.24, 2.45) is 25.4 Å². The number of azo groups is 2. The van der Waals surface area contributed by atoms with Crippen molar-refractivity contribution in [3.63, 3.8) is 0 Å². The Kier molecular flexibility index (Phi) is 20.4. The molecule has 0 bridgehead atoms. The molecule has 392 valence electrons. The van der Waals surface area contributed by atoms with Crippen LogP contribution >= 0.6 is 23.2 Å². The van der Waals surface area contributed by atoms with E-state index in [0.29, 0.717) is 81.6 Å². The smallest absolute Gasteiger partial charge is 0.871 e. The largest absolute Gasteiger partial charge is 2.00 e. The minimum absolute atomic E-state index is 0. The van der Waals surface area contributed by atoms with Gasteiger partial charge in [-0.15, -0.1) is 15.3 Å². The number of carbonyl (C=O) groups is 1. The van der Waals surface area contributed by atoms with Gasteiger partial charge < -0.3 is 30.1 Å². The summed E-state index contributed by atoms with van der Waals surface area (Å²) in [5.74, 6) is -1.49. The molecule has 1 amide bonds. The number of anilines is 1. The fourth-order valence-electron chi connectivity index (χ4n) is 7.83. The fourth-order valence-corrected chi connectivity index (χ4v) is 10.2. The number of phenols is 1. The monoisotopic (exact) mass is 1240 g/mol. The molecule has 0 aliphatic rings. The number of aromatic hydroxyl groups is 1. The quantitative estimate of drug-likeness (QED) is 0.0231. The molecule has 0 saturated carbocycles. The second kappa shape index (κ2) is 26.3. The van der Waals surface area contributed by atoms with Gasteiger partial charge >= 0.3 is 48.9 Å². The number of aliphatic imine (C=N–C) groups is 1. The third-order valence-corrected chi connectivity index (χ3v) is 14.0. The first-order valence-electron chi connectivity index (χ1n) is 23.2. The summed E-state index contributed by atoms with van der Waals surface area (Å²) in [6.07, 6.45) is 0.710. The van der Waals surface area contributed by atoms with Gasteiger partial charge in [-0.2, -0.15) is 21.9 Å². The van der Waals surface area contributed by atoms with Crippen molar-refractivity contribution in [2.75, 3.05) is 18.5 Å². The number of hydrogen-bond donors (Lipinski definition) is 4. The molecule has 0 spiro atoms. The molecule has 18 nitrogen and oxygen atoms in total. The Balaban J connectivity index is 0.000000246.